The summed E-state index contributed by atoms with van der Waals surface area (Å²) in [6.07, 6.45) is 1.62. The number of ketones is 1. The van der Waals surface area contributed by atoms with Crippen molar-refractivity contribution < 1.29 is 9.72 Å². The molecule has 0 fully saturated rings. The van der Waals surface area contributed by atoms with Crippen LogP contribution in [0.15, 0.2) is 54.7 Å². The molecule has 0 aliphatic carbocycles. The molecule has 2 atom stereocenters. The van der Waals surface area contributed by atoms with Gasteiger partial charge < -0.3 is 0 Å². The number of benzene rings is 1. The molecule has 21 heavy (non-hydrogen) atoms. The summed E-state index contributed by atoms with van der Waals surface area (Å²) in [5.74, 6) is -0.645. The second kappa shape index (κ2) is 6.74. The molecule has 0 saturated heterocycles. The van der Waals surface area contributed by atoms with E-state index in [1.165, 1.54) is 6.92 Å². The van der Waals surface area contributed by atoms with Crippen molar-refractivity contribution in [3.05, 3.63) is 76.1 Å². The molecule has 1 heterocycles. The highest BCUT2D eigenvalue weighted by molar-refractivity contribution is 5.94. The zero-order chi connectivity index (χ0) is 15.2. The van der Waals surface area contributed by atoms with Crippen LogP contribution in [-0.2, 0) is 0 Å². The van der Waals surface area contributed by atoms with E-state index in [1.807, 2.05) is 30.3 Å². The SMILES string of the molecule is C[C@@H]([C@@H](CC(=O)c1ccccn1)c1ccccc1)[N+](=O)[O-]. The minimum atomic E-state index is -0.833. The van der Waals surface area contributed by atoms with E-state index in [2.05, 4.69) is 4.98 Å². The Morgan fingerprint density at radius 1 is 1.19 bits per heavy atom. The van der Waals surface area contributed by atoms with E-state index in [4.69, 9.17) is 0 Å². The number of nitrogens with zero attached hydrogens (tertiary/aromatic N) is 2. The normalized spacial score (nSPS) is 13.4. The topological polar surface area (TPSA) is 73.1 Å². The van der Waals surface area contributed by atoms with Gasteiger partial charge in [0.25, 0.3) is 0 Å². The molecule has 0 bridgehead atoms. The van der Waals surface area contributed by atoms with Gasteiger partial charge in [0.1, 0.15) is 5.69 Å². The van der Waals surface area contributed by atoms with Gasteiger partial charge in [-0.3, -0.25) is 19.9 Å². The molecule has 5 nitrogen and oxygen atoms in total. The zero-order valence-electron chi connectivity index (χ0n) is 11.7. The van der Waals surface area contributed by atoms with Crippen LogP contribution in [0.5, 0.6) is 0 Å². The van der Waals surface area contributed by atoms with Gasteiger partial charge in [0, 0.05) is 24.5 Å². The van der Waals surface area contributed by atoms with Crippen molar-refractivity contribution in [1.82, 2.24) is 4.98 Å². The van der Waals surface area contributed by atoms with Crippen LogP contribution in [0.2, 0.25) is 0 Å². The van der Waals surface area contributed by atoms with Gasteiger partial charge in [-0.15, -0.1) is 0 Å². The lowest BCUT2D eigenvalue weighted by atomic mass is 9.87. The quantitative estimate of drug-likeness (QED) is 0.464. The van der Waals surface area contributed by atoms with Crippen LogP contribution in [-0.4, -0.2) is 21.7 Å². The maximum Gasteiger partial charge on any atom is 0.217 e. The lowest BCUT2D eigenvalue weighted by molar-refractivity contribution is -0.522. The predicted octanol–water partition coefficient (Wildman–Crippen LogP) is 3.10. The van der Waals surface area contributed by atoms with Gasteiger partial charge in [-0.05, 0) is 17.7 Å². The van der Waals surface area contributed by atoms with E-state index >= 15 is 0 Å². The summed E-state index contributed by atoms with van der Waals surface area (Å²) in [6, 6.07) is 13.4. The first kappa shape index (κ1) is 14.8. The summed E-state index contributed by atoms with van der Waals surface area (Å²) < 4.78 is 0. The minimum absolute atomic E-state index is 0.0726. The minimum Gasteiger partial charge on any atom is -0.292 e. The van der Waals surface area contributed by atoms with Gasteiger partial charge in [0.05, 0.1) is 5.92 Å². The number of hydrogen-bond acceptors (Lipinski definition) is 4. The van der Waals surface area contributed by atoms with Crippen molar-refractivity contribution in [2.24, 2.45) is 0 Å². The Balaban J connectivity index is 2.25. The van der Waals surface area contributed by atoms with Gasteiger partial charge in [-0.1, -0.05) is 36.4 Å². The van der Waals surface area contributed by atoms with Crippen LogP contribution in [0.3, 0.4) is 0 Å². The summed E-state index contributed by atoms with van der Waals surface area (Å²) in [5.41, 5.74) is 1.14. The Bertz CT molecular complexity index is 614. The van der Waals surface area contributed by atoms with E-state index in [9.17, 15) is 14.9 Å². The van der Waals surface area contributed by atoms with Crippen molar-refractivity contribution in [2.45, 2.75) is 25.3 Å². The molecule has 0 spiro atoms. The lowest BCUT2D eigenvalue weighted by Crippen LogP contribution is -2.26. The van der Waals surface area contributed by atoms with Crippen LogP contribution in [0.25, 0.3) is 0 Å². The molecular weight excluding hydrogens is 268 g/mol. The summed E-state index contributed by atoms with van der Waals surface area (Å²) >= 11 is 0. The summed E-state index contributed by atoms with van der Waals surface area (Å²) in [7, 11) is 0. The Labute approximate surface area is 122 Å². The highest BCUT2D eigenvalue weighted by Gasteiger charge is 2.30. The number of aromatic nitrogens is 1. The lowest BCUT2D eigenvalue weighted by Gasteiger charge is -2.17. The molecule has 1 aromatic heterocycles. The Morgan fingerprint density at radius 3 is 2.43 bits per heavy atom. The number of carbonyl (C=O) groups is 1. The van der Waals surface area contributed by atoms with Gasteiger partial charge in [0.2, 0.25) is 6.04 Å². The predicted molar refractivity (Wildman–Crippen MR) is 78.8 cm³/mol. The van der Waals surface area contributed by atoms with Crippen molar-refractivity contribution >= 4 is 5.78 Å². The number of Topliss-reactive ketones (excluding diaryl/α,β-unsaturated/α-hetero) is 1. The van der Waals surface area contributed by atoms with E-state index in [0.717, 1.165) is 5.56 Å². The Morgan fingerprint density at radius 2 is 1.86 bits per heavy atom. The average molecular weight is 284 g/mol. The van der Waals surface area contributed by atoms with Crippen LogP contribution in [0.1, 0.15) is 35.3 Å². The Hall–Kier alpha value is -2.56. The molecule has 0 amide bonds. The maximum absolute atomic E-state index is 12.3. The third-order valence-corrected chi connectivity index (χ3v) is 3.50. The highest BCUT2D eigenvalue weighted by atomic mass is 16.6. The number of nitro groups is 1. The molecular formula is C16H16N2O3. The number of rotatable bonds is 6. The molecule has 0 saturated carbocycles. The van der Waals surface area contributed by atoms with Gasteiger partial charge >= 0.3 is 0 Å². The second-order valence-corrected chi connectivity index (χ2v) is 4.89. The van der Waals surface area contributed by atoms with Gasteiger partial charge in [-0.25, -0.2) is 0 Å². The first-order valence-electron chi connectivity index (χ1n) is 6.72. The van der Waals surface area contributed by atoms with Crippen LogP contribution < -0.4 is 0 Å². The van der Waals surface area contributed by atoms with E-state index < -0.39 is 12.0 Å². The molecule has 0 N–H and O–H groups in total. The van der Waals surface area contributed by atoms with Crippen LogP contribution in [0.4, 0.5) is 0 Å². The van der Waals surface area contributed by atoms with E-state index in [-0.39, 0.29) is 17.1 Å². The van der Waals surface area contributed by atoms with Crippen molar-refractivity contribution in [2.75, 3.05) is 0 Å². The number of carbonyl (C=O) groups excluding carboxylic acids is 1. The fourth-order valence-electron chi connectivity index (χ4n) is 2.25. The van der Waals surface area contributed by atoms with E-state index in [0.29, 0.717) is 5.69 Å². The maximum atomic E-state index is 12.3. The largest absolute Gasteiger partial charge is 0.292 e. The highest BCUT2D eigenvalue weighted by Crippen LogP contribution is 2.26. The molecule has 0 unspecified atom stereocenters. The third kappa shape index (κ3) is 3.72. The molecule has 108 valence electrons. The first-order valence-corrected chi connectivity index (χ1v) is 6.72. The molecule has 0 aliphatic heterocycles. The van der Waals surface area contributed by atoms with Gasteiger partial charge in [0.15, 0.2) is 5.78 Å². The monoisotopic (exact) mass is 284 g/mol. The van der Waals surface area contributed by atoms with Gasteiger partial charge in [-0.2, -0.15) is 0 Å². The first-order chi connectivity index (χ1) is 10.1. The summed E-state index contributed by atoms with van der Waals surface area (Å²) in [5, 5.41) is 11.1. The van der Waals surface area contributed by atoms with E-state index in [1.54, 1.807) is 24.4 Å². The summed E-state index contributed by atoms with van der Waals surface area (Å²) in [4.78, 5) is 27.0. The fraction of sp³-hybridized carbons (Fsp3) is 0.250. The molecule has 0 aliphatic rings. The second-order valence-electron chi connectivity index (χ2n) is 4.89. The van der Waals surface area contributed by atoms with Crippen molar-refractivity contribution in [3.63, 3.8) is 0 Å². The zero-order valence-corrected chi connectivity index (χ0v) is 11.7. The molecule has 1 aromatic carbocycles. The van der Waals surface area contributed by atoms with Crippen molar-refractivity contribution in [1.29, 1.82) is 0 Å². The average Bonchev–Trinajstić information content (AvgIpc) is 2.53. The van der Waals surface area contributed by atoms with Crippen molar-refractivity contribution in [3.8, 4) is 0 Å². The molecule has 0 radical (unpaired) electrons. The standard InChI is InChI=1S/C16H16N2O3/c1-12(18(20)21)14(13-7-3-2-4-8-13)11-16(19)15-9-5-6-10-17-15/h2-10,12,14H,11H2,1H3/t12-,14+/m0/s1. The van der Waals surface area contributed by atoms with Crippen LogP contribution in [0, 0.1) is 10.1 Å². The molecule has 2 aromatic rings. The summed E-state index contributed by atoms with van der Waals surface area (Å²) in [6.45, 7) is 1.53. The fourth-order valence-corrected chi connectivity index (χ4v) is 2.25. The smallest absolute Gasteiger partial charge is 0.217 e. The molecule has 5 heteroatoms. The molecule has 2 rings (SSSR count). The Kier molecular flexibility index (Phi) is 4.77. The third-order valence-electron chi connectivity index (χ3n) is 3.50. The number of pyridine rings is 1. The van der Waals surface area contributed by atoms with Crippen LogP contribution >= 0.6 is 0 Å². The number of hydrogen-bond donors (Lipinski definition) is 0.